The van der Waals surface area contributed by atoms with Gasteiger partial charge in [-0.05, 0) is 55.7 Å². The average molecular weight is 496 g/mol. The largest absolute Gasteiger partial charge is 0.491 e. The summed E-state index contributed by atoms with van der Waals surface area (Å²) in [4.78, 5) is 15.9. The van der Waals surface area contributed by atoms with Gasteiger partial charge in [0, 0.05) is 0 Å². The van der Waals surface area contributed by atoms with Crippen molar-refractivity contribution < 1.29 is 31.5 Å². The highest BCUT2D eigenvalue weighted by Gasteiger charge is 2.33. The highest BCUT2D eigenvalue weighted by atomic mass is 19.4. The van der Waals surface area contributed by atoms with E-state index in [9.17, 15) is 18.0 Å². The Morgan fingerprint density at radius 1 is 1.17 bits per heavy atom. The van der Waals surface area contributed by atoms with Crippen molar-refractivity contribution in [3.05, 3.63) is 47.4 Å². The Hall–Kier alpha value is -3.24. The number of carbonyl (C=O) groups is 1. The lowest BCUT2D eigenvalue weighted by atomic mass is 9.80. The van der Waals surface area contributed by atoms with Crippen molar-refractivity contribution in [3.63, 3.8) is 0 Å². The predicted molar refractivity (Wildman–Crippen MR) is 119 cm³/mol. The van der Waals surface area contributed by atoms with Gasteiger partial charge in [-0.3, -0.25) is 4.79 Å². The summed E-state index contributed by atoms with van der Waals surface area (Å²) in [6, 6.07) is 3.78. The number of methoxy groups -OCH3 is 1. The van der Waals surface area contributed by atoms with Gasteiger partial charge in [-0.2, -0.15) is 22.7 Å². The number of aromatic nitrogens is 3. The van der Waals surface area contributed by atoms with Crippen molar-refractivity contribution in [1.29, 1.82) is 0 Å². The van der Waals surface area contributed by atoms with Crippen molar-refractivity contribution in [2.75, 3.05) is 12.4 Å². The van der Waals surface area contributed by atoms with E-state index in [0.717, 1.165) is 38.2 Å². The van der Waals surface area contributed by atoms with Crippen LogP contribution >= 0.6 is 0 Å². The van der Waals surface area contributed by atoms with E-state index in [1.54, 1.807) is 0 Å². The van der Waals surface area contributed by atoms with Crippen molar-refractivity contribution >= 4 is 22.5 Å². The number of fused-ring (bicyclic) bond motifs is 1. The zero-order valence-electron chi connectivity index (χ0n) is 19.4. The first-order valence-electron chi connectivity index (χ1n) is 11.3. The number of anilines is 1. The van der Waals surface area contributed by atoms with E-state index in [4.69, 9.17) is 4.74 Å². The molecule has 35 heavy (non-hydrogen) atoms. The van der Waals surface area contributed by atoms with E-state index in [-0.39, 0.29) is 22.6 Å². The fourth-order valence-electron chi connectivity index (χ4n) is 4.60. The maximum absolute atomic E-state index is 15.4. The molecule has 0 saturated heterocycles. The highest BCUT2D eigenvalue weighted by molar-refractivity contribution is 6.05. The number of nitrogens with zero attached hydrogens (tertiary/aromatic N) is 3. The molecule has 1 N–H and O–H groups in total. The quantitative estimate of drug-likeness (QED) is 0.417. The number of carbonyl (C=O) groups excluding carboxylic acids is 1. The molecule has 188 valence electrons. The first-order chi connectivity index (χ1) is 16.5. The second kappa shape index (κ2) is 9.43. The van der Waals surface area contributed by atoms with Gasteiger partial charge < -0.3 is 10.1 Å². The van der Waals surface area contributed by atoms with Crippen molar-refractivity contribution in [3.8, 4) is 5.75 Å². The Morgan fingerprint density at radius 3 is 2.46 bits per heavy atom. The molecule has 1 saturated carbocycles. The monoisotopic (exact) mass is 496 g/mol. The van der Waals surface area contributed by atoms with E-state index < -0.39 is 41.0 Å². The maximum Gasteiger partial charge on any atom is 0.433 e. The third kappa shape index (κ3) is 4.81. The van der Waals surface area contributed by atoms with Gasteiger partial charge in [-0.15, -0.1) is 0 Å². The summed E-state index contributed by atoms with van der Waals surface area (Å²) < 4.78 is 75.7. The van der Waals surface area contributed by atoms with Gasteiger partial charge >= 0.3 is 6.18 Å². The first-order valence-corrected chi connectivity index (χ1v) is 11.3. The van der Waals surface area contributed by atoms with Crippen LogP contribution in [0.1, 0.15) is 61.8 Å². The second-order valence-electron chi connectivity index (χ2n) is 9.08. The molecule has 2 heterocycles. The molecule has 11 heteroatoms. The summed E-state index contributed by atoms with van der Waals surface area (Å²) in [6.07, 6.45) is -1.51. The van der Waals surface area contributed by atoms with Gasteiger partial charge in [-0.25, -0.2) is 14.1 Å². The lowest BCUT2D eigenvalue weighted by molar-refractivity contribution is -0.141. The molecule has 0 unspecified atom stereocenters. The van der Waals surface area contributed by atoms with Gasteiger partial charge in [0.05, 0.1) is 24.2 Å². The summed E-state index contributed by atoms with van der Waals surface area (Å²) in [6.45, 7) is 4.31. The number of ether oxygens (including phenoxy) is 1. The number of hydrogen-bond acceptors (Lipinski definition) is 4. The van der Waals surface area contributed by atoms with Crippen molar-refractivity contribution in [2.45, 2.75) is 51.7 Å². The number of nitrogens with one attached hydrogen (secondary N) is 1. The molecule has 0 atom stereocenters. The van der Waals surface area contributed by atoms with Crippen LogP contribution in [-0.4, -0.2) is 27.8 Å². The Morgan fingerprint density at radius 2 is 1.86 bits per heavy atom. The maximum atomic E-state index is 15.4. The minimum Gasteiger partial charge on any atom is -0.491 e. The summed E-state index contributed by atoms with van der Waals surface area (Å²) in [5.74, 6) is -2.11. The van der Waals surface area contributed by atoms with Gasteiger partial charge in [0.1, 0.15) is 16.9 Å². The Kier molecular flexibility index (Phi) is 6.70. The highest BCUT2D eigenvalue weighted by Crippen LogP contribution is 2.40. The average Bonchev–Trinajstić information content (AvgIpc) is 3.15. The van der Waals surface area contributed by atoms with E-state index in [0.29, 0.717) is 24.7 Å². The smallest absolute Gasteiger partial charge is 0.433 e. The van der Waals surface area contributed by atoms with E-state index in [1.165, 1.54) is 10.7 Å². The fourth-order valence-corrected chi connectivity index (χ4v) is 4.60. The van der Waals surface area contributed by atoms with Crippen LogP contribution in [0, 0.1) is 23.6 Å². The zero-order chi connectivity index (χ0) is 25.5. The molecular weight excluding hydrogens is 471 g/mol. The standard InChI is InChI=1S/C24H25F5N4O2/c1-12(2)13-7-9-14(10-8-13)33-22(26)15-11-17(21(35-3)19(25)20(15)32-33)31-23(34)16-5-4-6-18(30-16)24(27,28)29/h4-6,11-14H,7-10H2,1-3H3,(H,31,34)/t13-,14-. The number of amides is 1. The molecule has 0 radical (unpaired) electrons. The summed E-state index contributed by atoms with van der Waals surface area (Å²) in [5.41, 5.74) is -2.29. The number of rotatable bonds is 5. The van der Waals surface area contributed by atoms with Crippen LogP contribution < -0.4 is 10.1 Å². The van der Waals surface area contributed by atoms with E-state index in [1.807, 2.05) is 0 Å². The SMILES string of the molecule is COc1c(NC(=O)c2cccc(C(F)(F)F)n2)cc2c(F)n([C@H]3CC[C@H](C(C)C)CC3)nc2c1F. The number of hydrogen-bond donors (Lipinski definition) is 1. The number of alkyl halides is 3. The lowest BCUT2D eigenvalue weighted by Gasteiger charge is -2.31. The Labute approximate surface area is 198 Å². The normalized spacial score (nSPS) is 18.8. The summed E-state index contributed by atoms with van der Waals surface area (Å²) in [7, 11) is 1.16. The number of halogens is 5. The summed E-state index contributed by atoms with van der Waals surface area (Å²) in [5, 5.41) is 6.29. The van der Waals surface area contributed by atoms with Crippen molar-refractivity contribution in [2.24, 2.45) is 11.8 Å². The van der Waals surface area contributed by atoms with Crippen LogP contribution in [0.4, 0.5) is 27.6 Å². The lowest BCUT2D eigenvalue weighted by Crippen LogP contribution is -2.22. The molecule has 1 amide bonds. The molecule has 0 spiro atoms. The van der Waals surface area contributed by atoms with Crippen LogP contribution in [0.3, 0.4) is 0 Å². The number of benzene rings is 1. The molecule has 1 aliphatic carbocycles. The second-order valence-corrected chi connectivity index (χ2v) is 9.08. The molecule has 1 aromatic carbocycles. The van der Waals surface area contributed by atoms with Gasteiger partial charge in [0.25, 0.3) is 5.91 Å². The minimum absolute atomic E-state index is 0.165. The topological polar surface area (TPSA) is 69.0 Å². The molecule has 1 fully saturated rings. The van der Waals surface area contributed by atoms with Crippen LogP contribution in [0.15, 0.2) is 24.3 Å². The van der Waals surface area contributed by atoms with Gasteiger partial charge in [-0.1, -0.05) is 19.9 Å². The Balaban J connectivity index is 1.67. The molecule has 4 rings (SSSR count). The zero-order valence-corrected chi connectivity index (χ0v) is 19.4. The van der Waals surface area contributed by atoms with E-state index in [2.05, 4.69) is 29.2 Å². The minimum atomic E-state index is -4.75. The van der Waals surface area contributed by atoms with Crippen molar-refractivity contribution in [1.82, 2.24) is 14.8 Å². The molecule has 0 aliphatic heterocycles. The molecule has 3 aromatic rings. The molecule has 6 nitrogen and oxygen atoms in total. The molecule has 2 aromatic heterocycles. The molecule has 1 aliphatic rings. The van der Waals surface area contributed by atoms with Crippen LogP contribution in [0.25, 0.3) is 10.9 Å². The van der Waals surface area contributed by atoms with Gasteiger partial charge in [0.2, 0.25) is 5.95 Å². The van der Waals surface area contributed by atoms with Crippen LogP contribution in [-0.2, 0) is 6.18 Å². The third-order valence-electron chi connectivity index (χ3n) is 6.58. The van der Waals surface area contributed by atoms with Crippen LogP contribution in [0.5, 0.6) is 5.75 Å². The third-order valence-corrected chi connectivity index (χ3v) is 6.58. The fraction of sp³-hybridized carbons (Fsp3) is 0.458. The molecular formula is C24H25F5N4O2. The predicted octanol–water partition coefficient (Wildman–Crippen LogP) is 6.38. The van der Waals surface area contributed by atoms with Gasteiger partial charge in [0.15, 0.2) is 11.6 Å². The van der Waals surface area contributed by atoms with Crippen LogP contribution in [0.2, 0.25) is 0 Å². The Bertz CT molecular complexity index is 1250. The number of pyridine rings is 1. The molecule has 0 bridgehead atoms. The first kappa shape index (κ1) is 24.9. The van der Waals surface area contributed by atoms with E-state index >= 15 is 8.78 Å². The summed E-state index contributed by atoms with van der Waals surface area (Å²) >= 11 is 0.